The zero-order valence-electron chi connectivity index (χ0n) is 12.9. The summed E-state index contributed by atoms with van der Waals surface area (Å²) in [6.07, 6.45) is 2.95. The summed E-state index contributed by atoms with van der Waals surface area (Å²) in [5.41, 5.74) is 2.45. The maximum Gasteiger partial charge on any atom is 0.419 e. The Kier molecular flexibility index (Phi) is 4.97. The minimum Gasteiger partial charge on any atom is -0.408 e. The van der Waals surface area contributed by atoms with Crippen LogP contribution in [0.4, 0.5) is 0 Å². The average Bonchev–Trinajstić information content (AvgIpc) is 2.71. The summed E-state index contributed by atoms with van der Waals surface area (Å²) in [5, 5.41) is 0.651. The van der Waals surface area contributed by atoms with Gasteiger partial charge >= 0.3 is 5.76 Å². The first kappa shape index (κ1) is 17.3. The van der Waals surface area contributed by atoms with Crippen molar-refractivity contribution in [3.05, 3.63) is 68.2 Å². The van der Waals surface area contributed by atoms with Gasteiger partial charge in [0.15, 0.2) is 11.4 Å². The monoisotopic (exact) mass is 351 g/mol. The van der Waals surface area contributed by atoms with Gasteiger partial charge in [-0.2, -0.15) is 0 Å². The number of Topliss-reactive ketones (excluding diaryl/α,β-unsaturated/α-hetero) is 1. The van der Waals surface area contributed by atoms with E-state index in [1.807, 2.05) is 0 Å². The van der Waals surface area contributed by atoms with Crippen LogP contribution in [0.15, 0.2) is 55.7 Å². The smallest absolute Gasteiger partial charge is 0.408 e. The number of hydrogen-bond acceptors (Lipinski definition) is 3. The zero-order chi connectivity index (χ0) is 17.3. The topological polar surface area (TPSA) is 52.2 Å². The van der Waals surface area contributed by atoms with Gasteiger partial charge in [0.25, 0.3) is 0 Å². The van der Waals surface area contributed by atoms with Crippen LogP contribution in [0.1, 0.15) is 22.8 Å². The highest BCUT2D eigenvalue weighted by molar-refractivity contribution is 6.32. The van der Waals surface area contributed by atoms with E-state index in [1.54, 1.807) is 27.0 Å². The van der Waals surface area contributed by atoms with E-state index in [2.05, 4.69) is 6.58 Å². The van der Waals surface area contributed by atoms with Gasteiger partial charge in [-0.15, -0.1) is 0 Å². The first-order valence-corrected chi connectivity index (χ1v) is 7.51. The number of rotatable bonds is 4. The molecule has 0 aliphatic rings. The van der Waals surface area contributed by atoms with Crippen molar-refractivity contribution >= 4 is 40.1 Å². The quantitative estimate of drug-likeness (QED) is 0.464. The molecule has 2 aromatic rings. The molecule has 0 N–H and O–H groups in total. The van der Waals surface area contributed by atoms with Crippen molar-refractivity contribution < 1.29 is 9.21 Å². The molecule has 0 aliphatic carbocycles. The van der Waals surface area contributed by atoms with E-state index < -0.39 is 5.76 Å². The molecule has 4 nitrogen and oxygen atoms in total. The van der Waals surface area contributed by atoms with E-state index in [9.17, 15) is 9.59 Å². The Morgan fingerprint density at radius 1 is 1.30 bits per heavy atom. The molecule has 1 aromatic heterocycles. The number of aryl methyl sites for hydroxylation is 2. The van der Waals surface area contributed by atoms with Crippen molar-refractivity contribution in [1.82, 2.24) is 4.57 Å². The lowest BCUT2D eigenvalue weighted by Crippen LogP contribution is -2.09. The third-order valence-corrected chi connectivity index (χ3v) is 3.48. The third kappa shape index (κ3) is 3.66. The van der Waals surface area contributed by atoms with Crippen molar-refractivity contribution in [3.63, 3.8) is 0 Å². The molecule has 6 heteroatoms. The predicted molar refractivity (Wildman–Crippen MR) is 93.2 cm³/mol. The molecule has 0 spiro atoms. The summed E-state index contributed by atoms with van der Waals surface area (Å²) < 4.78 is 6.56. The van der Waals surface area contributed by atoms with Crippen LogP contribution in [-0.4, -0.2) is 10.4 Å². The fourth-order valence-electron chi connectivity index (χ4n) is 2.36. The van der Waals surface area contributed by atoms with E-state index in [0.29, 0.717) is 27.3 Å². The summed E-state index contributed by atoms with van der Waals surface area (Å²) in [7, 11) is 1.62. The van der Waals surface area contributed by atoms with Gasteiger partial charge in [0, 0.05) is 28.2 Å². The lowest BCUT2D eigenvalue weighted by Gasteiger charge is -2.05. The van der Waals surface area contributed by atoms with Crippen molar-refractivity contribution in [3.8, 4) is 0 Å². The zero-order valence-corrected chi connectivity index (χ0v) is 14.5. The number of benzene rings is 1. The molecule has 0 radical (unpaired) electrons. The van der Waals surface area contributed by atoms with E-state index in [1.165, 1.54) is 22.8 Å². The van der Waals surface area contributed by atoms with E-state index in [4.69, 9.17) is 27.6 Å². The molecule has 0 unspecified atom stereocenters. The number of fused-ring (bicyclic) bond motifs is 1. The van der Waals surface area contributed by atoms with Crippen molar-refractivity contribution in [2.24, 2.45) is 7.05 Å². The fourth-order valence-corrected chi connectivity index (χ4v) is 2.60. The fraction of sp³-hybridized carbons (Fsp3) is 0.176. The van der Waals surface area contributed by atoms with Gasteiger partial charge < -0.3 is 4.42 Å². The molecule has 0 saturated carbocycles. The summed E-state index contributed by atoms with van der Waals surface area (Å²) in [5.74, 6) is -0.766. The Bertz CT molecular complexity index is 925. The molecule has 0 fully saturated rings. The number of allylic oxidation sites excluding steroid dienone is 5. The number of ketones is 1. The summed E-state index contributed by atoms with van der Waals surface area (Å²) in [6, 6.07) is 3.23. The van der Waals surface area contributed by atoms with Crippen LogP contribution in [0.5, 0.6) is 0 Å². The molecular weight excluding hydrogens is 337 g/mol. The van der Waals surface area contributed by atoms with Gasteiger partial charge in [-0.3, -0.25) is 9.36 Å². The number of hydrogen-bond donors (Lipinski definition) is 0. The van der Waals surface area contributed by atoms with Crippen LogP contribution < -0.4 is 5.76 Å². The second-order valence-corrected chi connectivity index (χ2v) is 6.26. The van der Waals surface area contributed by atoms with Gasteiger partial charge in [-0.05, 0) is 43.7 Å². The summed E-state index contributed by atoms with van der Waals surface area (Å²) in [6.45, 7) is 7.03. The Morgan fingerprint density at radius 3 is 2.52 bits per heavy atom. The van der Waals surface area contributed by atoms with E-state index >= 15 is 0 Å². The van der Waals surface area contributed by atoms with Crippen LogP contribution in [0.25, 0.3) is 11.1 Å². The van der Waals surface area contributed by atoms with E-state index in [0.717, 1.165) is 5.56 Å². The van der Waals surface area contributed by atoms with Gasteiger partial charge in [0.1, 0.15) is 0 Å². The highest BCUT2D eigenvalue weighted by Crippen LogP contribution is 2.23. The first-order chi connectivity index (χ1) is 10.7. The maximum absolute atomic E-state index is 12.7. The third-order valence-electron chi connectivity index (χ3n) is 3.26. The molecule has 120 valence electrons. The lowest BCUT2D eigenvalue weighted by molar-refractivity contribution is 0.103. The summed E-state index contributed by atoms with van der Waals surface area (Å²) in [4.78, 5) is 24.3. The minimum atomic E-state index is -0.478. The average molecular weight is 352 g/mol. The number of oxazole rings is 1. The largest absolute Gasteiger partial charge is 0.419 e. The van der Waals surface area contributed by atoms with Crippen LogP contribution in [0.2, 0.25) is 0 Å². The Hall–Kier alpha value is -2.04. The van der Waals surface area contributed by atoms with Crippen LogP contribution in [0, 0.1) is 6.92 Å². The molecule has 0 bridgehead atoms. The van der Waals surface area contributed by atoms with Crippen molar-refractivity contribution in [2.45, 2.75) is 13.8 Å². The maximum atomic E-state index is 12.7. The Labute approximate surface area is 143 Å². The second-order valence-electron chi connectivity index (χ2n) is 5.17. The Balaban J connectivity index is 2.63. The normalized spacial score (nSPS) is 12.7. The molecule has 0 amide bonds. The molecule has 0 atom stereocenters. The van der Waals surface area contributed by atoms with Crippen LogP contribution in [0.3, 0.4) is 0 Å². The lowest BCUT2D eigenvalue weighted by atomic mass is 10.00. The van der Waals surface area contributed by atoms with Gasteiger partial charge in [-0.25, -0.2) is 4.79 Å². The molecule has 0 saturated heterocycles. The molecular formula is C17H15Cl2NO3. The number of carbonyl (C=O) groups excluding carboxylic acids is 1. The van der Waals surface area contributed by atoms with Gasteiger partial charge in [0.05, 0.1) is 5.52 Å². The molecule has 0 aliphatic heterocycles. The number of nitrogens with zero attached hydrogens (tertiary/aromatic N) is 1. The Morgan fingerprint density at radius 2 is 1.96 bits per heavy atom. The molecule has 1 aromatic carbocycles. The molecule has 1 heterocycles. The highest BCUT2D eigenvalue weighted by Gasteiger charge is 2.16. The van der Waals surface area contributed by atoms with Crippen molar-refractivity contribution in [1.29, 1.82) is 0 Å². The second kappa shape index (κ2) is 6.60. The SMILES string of the molecule is C=C(Cl)/C=C(\C=C(/C)Cl)C(=O)c1cc(C)c2c(c1)oc(=O)n2C. The van der Waals surface area contributed by atoms with Crippen LogP contribution in [-0.2, 0) is 7.05 Å². The molecule has 2 rings (SSSR count). The predicted octanol–water partition coefficient (Wildman–Crippen LogP) is 4.44. The number of aromatic nitrogens is 1. The number of halogens is 2. The highest BCUT2D eigenvalue weighted by atomic mass is 35.5. The van der Waals surface area contributed by atoms with Gasteiger partial charge in [-0.1, -0.05) is 29.8 Å². The minimum absolute atomic E-state index is 0.214. The first-order valence-electron chi connectivity index (χ1n) is 6.75. The standard InChI is InChI=1S/C17H15Cl2NO3/c1-9-5-12(8-14-15(9)20(4)17(22)23-14)16(21)13(6-10(2)18)7-11(3)19/h5-8H,2H2,1,3-4H3/b11-7+,13-6+. The summed E-state index contributed by atoms with van der Waals surface area (Å²) >= 11 is 11.6. The number of carbonyl (C=O) groups is 1. The van der Waals surface area contributed by atoms with Crippen LogP contribution >= 0.6 is 23.2 Å². The molecule has 23 heavy (non-hydrogen) atoms. The van der Waals surface area contributed by atoms with Gasteiger partial charge in [0.2, 0.25) is 0 Å². The van der Waals surface area contributed by atoms with E-state index in [-0.39, 0.29) is 10.8 Å². The van der Waals surface area contributed by atoms with Crippen molar-refractivity contribution in [2.75, 3.05) is 0 Å².